The Balaban J connectivity index is 0. The molecule has 0 atom stereocenters. The van der Waals surface area contributed by atoms with Crippen molar-refractivity contribution in [3.63, 3.8) is 0 Å². The molecule has 5 nitrogen and oxygen atoms in total. The second kappa shape index (κ2) is 12.3. The maximum atomic E-state index is 5.25. The van der Waals surface area contributed by atoms with E-state index in [0.29, 0.717) is 0 Å². The monoisotopic (exact) mass is 255 g/mol. The molecule has 7 heteroatoms. The zero-order valence-corrected chi connectivity index (χ0v) is 13.8. The van der Waals surface area contributed by atoms with Crippen LogP contribution in [0.5, 0.6) is 0 Å². The van der Waals surface area contributed by atoms with Crippen LogP contribution in [0.3, 0.4) is 0 Å². The average molecular weight is 255 g/mol. The van der Waals surface area contributed by atoms with E-state index in [-0.39, 0.29) is 0 Å². The molecule has 0 rings (SSSR count). The van der Waals surface area contributed by atoms with Crippen LogP contribution in [0, 0.1) is 0 Å². The van der Waals surface area contributed by atoms with Crippen LogP contribution in [0.15, 0.2) is 0 Å². The van der Waals surface area contributed by atoms with E-state index >= 15 is 0 Å². The second-order valence-electron chi connectivity index (χ2n) is 2.91. The van der Waals surface area contributed by atoms with Crippen LogP contribution in [-0.4, -0.2) is 61.3 Å². The highest BCUT2D eigenvalue weighted by Crippen LogP contribution is 2.13. The van der Waals surface area contributed by atoms with Gasteiger partial charge in [-0.15, -0.1) is 0 Å². The Morgan fingerprint density at radius 1 is 1.07 bits per heavy atom. The van der Waals surface area contributed by atoms with Crippen LogP contribution in [0.25, 0.3) is 0 Å². The van der Waals surface area contributed by atoms with Gasteiger partial charge in [0, 0.05) is 34.5 Å². The fourth-order valence-electron chi connectivity index (χ4n) is 1.04. The molecule has 0 aliphatic carbocycles. The molecule has 0 aromatic heterocycles. The van der Waals surface area contributed by atoms with Crippen LogP contribution in [0.4, 0.5) is 0 Å². The van der Waals surface area contributed by atoms with E-state index in [9.17, 15) is 0 Å². The van der Waals surface area contributed by atoms with Crippen LogP contribution in [0.2, 0.25) is 6.04 Å². The van der Waals surface area contributed by atoms with Gasteiger partial charge in [-0.1, -0.05) is 0 Å². The third-order valence-electron chi connectivity index (χ3n) is 1.84. The summed E-state index contributed by atoms with van der Waals surface area (Å²) in [5.74, 6) is 0. The van der Waals surface area contributed by atoms with E-state index in [1.165, 1.54) is 0 Å². The molecule has 0 bridgehead atoms. The first-order valence-corrected chi connectivity index (χ1v) is 7.61. The Kier molecular flexibility index (Phi) is 14.5. The number of nitrogens with one attached hydrogen (secondary N) is 1. The molecule has 0 spiro atoms. The highest BCUT2D eigenvalue weighted by atomic mass is 28.4. The summed E-state index contributed by atoms with van der Waals surface area (Å²) in [6.07, 6.45) is 1.01. The van der Waals surface area contributed by atoms with Gasteiger partial charge in [0.15, 0.2) is 0 Å². The predicted octanol–water partition coefficient (Wildman–Crippen LogP) is -0.613. The summed E-state index contributed by atoms with van der Waals surface area (Å²) in [6, 6.07) is 0.858. The highest BCUT2D eigenvalue weighted by molar-refractivity contribution is 6.60. The van der Waals surface area contributed by atoms with E-state index in [1.807, 2.05) is 7.05 Å². The zero-order valence-electron chi connectivity index (χ0n) is 10.8. The first-order chi connectivity index (χ1) is 7.16. The molecule has 0 amide bonds. The van der Waals surface area contributed by atoms with Gasteiger partial charge in [0.05, 0.1) is 0 Å². The van der Waals surface area contributed by atoms with Crippen molar-refractivity contribution >= 4 is 19.3 Å². The second-order valence-corrected chi connectivity index (χ2v) is 6.82. The largest absolute Gasteiger partial charge is 0.500 e. The minimum Gasteiger partial charge on any atom is -0.431 e. The Morgan fingerprint density at radius 2 is 1.47 bits per heavy atom. The van der Waals surface area contributed by atoms with Crippen LogP contribution >= 0.6 is 0 Å². The number of hydrogen-bond donors (Lipinski definition) is 1. The van der Waals surface area contributed by atoms with Crippen molar-refractivity contribution in [1.82, 2.24) is 5.32 Å². The molecular weight excluding hydrogens is 230 g/mol. The Morgan fingerprint density at radius 3 is 1.73 bits per heavy atom. The molecule has 0 fully saturated rings. The maximum absolute atomic E-state index is 5.25. The van der Waals surface area contributed by atoms with Gasteiger partial charge in [-0.25, -0.2) is 0 Å². The molecule has 0 aromatic carbocycles. The van der Waals surface area contributed by atoms with Crippen LogP contribution in [0.1, 0.15) is 6.42 Å². The topological polar surface area (TPSA) is 49.0 Å². The molecule has 94 valence electrons. The Labute approximate surface area is 97.3 Å². The molecule has 0 aliphatic rings. The van der Waals surface area contributed by atoms with Gasteiger partial charge in [0.25, 0.3) is 0 Å². The van der Waals surface area contributed by atoms with Crippen molar-refractivity contribution in [2.45, 2.75) is 12.5 Å². The van der Waals surface area contributed by atoms with Crippen molar-refractivity contribution in [1.29, 1.82) is 0 Å². The third kappa shape index (κ3) is 9.18. The lowest BCUT2D eigenvalue weighted by molar-refractivity contribution is 0.123. The molecule has 0 saturated carbocycles. The van der Waals surface area contributed by atoms with Gasteiger partial charge in [-0.05, 0) is 20.0 Å². The summed E-state index contributed by atoms with van der Waals surface area (Å²) in [7, 11) is 7.10. The van der Waals surface area contributed by atoms with E-state index in [2.05, 4.69) is 9.74 Å². The van der Waals surface area contributed by atoms with E-state index in [0.717, 1.165) is 29.5 Å². The Hall–Kier alpha value is 0.234. The molecular formula is C8H25NO4Si2. The van der Waals surface area contributed by atoms with Gasteiger partial charge in [0.2, 0.25) is 0 Å². The van der Waals surface area contributed by atoms with E-state index in [1.54, 1.807) is 28.4 Å². The summed E-state index contributed by atoms with van der Waals surface area (Å²) in [5.41, 5.74) is 0. The maximum Gasteiger partial charge on any atom is 0.500 e. The molecule has 0 aliphatic heterocycles. The SMILES string of the molecule is CNCCC[Si](OC)(OC)OC.CO[SiH3]. The summed E-state index contributed by atoms with van der Waals surface area (Å²) < 4.78 is 20.1. The molecule has 15 heavy (non-hydrogen) atoms. The van der Waals surface area contributed by atoms with Crippen LogP contribution in [-0.2, 0) is 17.7 Å². The molecule has 0 heterocycles. The average Bonchev–Trinajstić information content (AvgIpc) is 2.27. The van der Waals surface area contributed by atoms with Gasteiger partial charge in [-0.3, -0.25) is 0 Å². The molecule has 0 radical (unpaired) electrons. The minimum absolute atomic E-state index is 0.858. The van der Waals surface area contributed by atoms with Crippen molar-refractivity contribution < 1.29 is 17.7 Å². The van der Waals surface area contributed by atoms with Gasteiger partial charge >= 0.3 is 8.80 Å². The Bertz CT molecular complexity index is 117. The fourth-order valence-corrected chi connectivity index (χ4v) is 2.76. The quantitative estimate of drug-likeness (QED) is 0.486. The summed E-state index contributed by atoms with van der Waals surface area (Å²) >= 11 is 0. The van der Waals surface area contributed by atoms with Crippen molar-refractivity contribution in [3.05, 3.63) is 0 Å². The molecule has 0 saturated heterocycles. The first kappa shape index (κ1) is 17.6. The minimum atomic E-state index is -2.29. The number of hydrogen-bond acceptors (Lipinski definition) is 5. The van der Waals surface area contributed by atoms with Gasteiger partial charge in [-0.2, -0.15) is 0 Å². The predicted molar refractivity (Wildman–Crippen MR) is 67.1 cm³/mol. The van der Waals surface area contributed by atoms with Gasteiger partial charge in [0.1, 0.15) is 10.5 Å². The third-order valence-corrected chi connectivity index (χ3v) is 4.67. The molecule has 0 aromatic rings. The smallest absolute Gasteiger partial charge is 0.431 e. The zero-order chi connectivity index (χ0) is 12.2. The van der Waals surface area contributed by atoms with E-state index < -0.39 is 8.80 Å². The summed E-state index contributed by atoms with van der Waals surface area (Å²) in [4.78, 5) is 0. The van der Waals surface area contributed by atoms with Gasteiger partial charge < -0.3 is 23.0 Å². The summed E-state index contributed by atoms with van der Waals surface area (Å²) in [5, 5.41) is 3.07. The molecule has 1 N–H and O–H groups in total. The lowest BCUT2D eigenvalue weighted by atomic mass is 10.5. The van der Waals surface area contributed by atoms with Crippen LogP contribution < -0.4 is 5.32 Å². The van der Waals surface area contributed by atoms with Crippen molar-refractivity contribution in [2.75, 3.05) is 42.0 Å². The van der Waals surface area contributed by atoms with Crippen molar-refractivity contribution in [2.24, 2.45) is 0 Å². The van der Waals surface area contributed by atoms with Crippen molar-refractivity contribution in [3.8, 4) is 0 Å². The lowest BCUT2D eigenvalue weighted by Crippen LogP contribution is -2.43. The normalized spacial score (nSPS) is 11.0. The highest BCUT2D eigenvalue weighted by Gasteiger charge is 2.36. The lowest BCUT2D eigenvalue weighted by Gasteiger charge is -2.24. The standard InChI is InChI=1S/C7H19NO3Si.CH6OSi/c1-8-6-5-7-12(9-2,10-3)11-4;1-2-3/h8H,5-7H2,1-4H3;1,3H3. The fraction of sp³-hybridized carbons (Fsp3) is 1.00. The number of rotatable bonds is 7. The van der Waals surface area contributed by atoms with E-state index in [4.69, 9.17) is 13.3 Å². The first-order valence-electron chi connectivity index (χ1n) is 4.86. The molecule has 0 unspecified atom stereocenters. The summed E-state index contributed by atoms with van der Waals surface area (Å²) in [6.45, 7) is 0.963.